The van der Waals surface area contributed by atoms with E-state index in [-0.39, 0.29) is 11.7 Å². The first kappa shape index (κ1) is 16.3. The highest BCUT2D eigenvalue weighted by Gasteiger charge is 2.12. The fourth-order valence-corrected chi connectivity index (χ4v) is 2.62. The average molecular weight is 329 g/mol. The zero-order valence-electron chi connectivity index (χ0n) is 12.2. The Labute approximate surface area is 130 Å². The Balaban J connectivity index is 1.79. The highest BCUT2D eigenvalue weighted by atomic mass is 32.1. The number of halogens is 2. The summed E-state index contributed by atoms with van der Waals surface area (Å²) in [6.45, 7) is 3.82. The van der Waals surface area contributed by atoms with E-state index in [9.17, 15) is 13.6 Å². The second-order valence-electron chi connectivity index (χ2n) is 4.88. The van der Waals surface area contributed by atoms with Gasteiger partial charge in [0.15, 0.2) is 5.82 Å². The lowest BCUT2D eigenvalue weighted by Gasteiger charge is -2.10. The van der Waals surface area contributed by atoms with Crippen molar-refractivity contribution in [1.82, 2.24) is 20.1 Å². The standard InChI is InChI=1S/C13H17F2N5OS/c1-8(12-17-9(2)7-22-12)5-16-13(21)18-11-3-4-20(19-11)6-10(14)15/h3-4,7-8,10H,5-6H2,1-2H3,(H2,16,18,19,21)/t8-/m0/s1. The summed E-state index contributed by atoms with van der Waals surface area (Å²) in [5.74, 6) is 0.330. The Hall–Kier alpha value is -2.03. The number of hydrogen-bond acceptors (Lipinski definition) is 4. The quantitative estimate of drug-likeness (QED) is 0.856. The van der Waals surface area contributed by atoms with Gasteiger partial charge in [-0.05, 0) is 6.92 Å². The third-order valence-corrected chi connectivity index (χ3v) is 4.03. The molecule has 0 aliphatic rings. The van der Waals surface area contributed by atoms with E-state index in [4.69, 9.17) is 0 Å². The molecule has 2 aromatic rings. The summed E-state index contributed by atoms with van der Waals surface area (Å²) in [6.07, 6.45) is -1.09. The van der Waals surface area contributed by atoms with Gasteiger partial charge in [-0.3, -0.25) is 10.00 Å². The molecule has 0 saturated heterocycles. The van der Waals surface area contributed by atoms with Crippen LogP contribution in [0.2, 0.25) is 0 Å². The van der Waals surface area contributed by atoms with Crippen molar-refractivity contribution in [3.63, 3.8) is 0 Å². The van der Waals surface area contributed by atoms with Crippen molar-refractivity contribution >= 4 is 23.2 Å². The molecule has 2 aromatic heterocycles. The third-order valence-electron chi connectivity index (χ3n) is 2.83. The number of rotatable bonds is 6. The number of carbonyl (C=O) groups is 1. The Kier molecular flexibility index (Phi) is 5.42. The van der Waals surface area contributed by atoms with Crippen molar-refractivity contribution in [2.45, 2.75) is 32.7 Å². The summed E-state index contributed by atoms with van der Waals surface area (Å²) in [5, 5.41) is 12.0. The molecule has 0 radical (unpaired) electrons. The summed E-state index contributed by atoms with van der Waals surface area (Å²) in [4.78, 5) is 16.1. The van der Waals surface area contributed by atoms with Crippen LogP contribution in [0.4, 0.5) is 19.4 Å². The Bertz CT molecular complexity index is 627. The fraction of sp³-hybridized carbons (Fsp3) is 0.462. The maximum absolute atomic E-state index is 12.2. The number of carbonyl (C=O) groups excluding carboxylic acids is 1. The van der Waals surface area contributed by atoms with Crippen molar-refractivity contribution < 1.29 is 13.6 Å². The molecule has 22 heavy (non-hydrogen) atoms. The lowest BCUT2D eigenvalue weighted by Crippen LogP contribution is -2.32. The molecule has 1 atom stereocenters. The molecule has 0 saturated carbocycles. The third kappa shape index (κ3) is 4.76. The molecular formula is C13H17F2N5OS. The minimum atomic E-state index is -2.48. The SMILES string of the molecule is Cc1csc([C@@H](C)CNC(=O)Nc2ccn(CC(F)F)n2)n1. The lowest BCUT2D eigenvalue weighted by molar-refractivity contribution is 0.122. The number of anilines is 1. The predicted molar refractivity (Wildman–Crippen MR) is 80.5 cm³/mol. The van der Waals surface area contributed by atoms with Gasteiger partial charge in [-0.1, -0.05) is 6.92 Å². The summed E-state index contributed by atoms with van der Waals surface area (Å²) in [5.41, 5.74) is 0.959. The molecule has 0 aliphatic carbocycles. The van der Waals surface area contributed by atoms with Crippen molar-refractivity contribution in [1.29, 1.82) is 0 Å². The molecule has 2 amide bonds. The van der Waals surface area contributed by atoms with Gasteiger partial charge in [0.1, 0.15) is 6.54 Å². The minimum Gasteiger partial charge on any atom is -0.337 e. The maximum atomic E-state index is 12.2. The molecule has 0 aliphatic heterocycles. The molecule has 9 heteroatoms. The van der Waals surface area contributed by atoms with Crippen LogP contribution in [0, 0.1) is 6.92 Å². The number of amides is 2. The van der Waals surface area contributed by atoms with E-state index in [0.717, 1.165) is 15.4 Å². The number of nitrogens with zero attached hydrogens (tertiary/aromatic N) is 3. The number of aryl methyl sites for hydroxylation is 1. The maximum Gasteiger partial charge on any atom is 0.320 e. The number of aromatic nitrogens is 3. The van der Waals surface area contributed by atoms with Gasteiger partial charge in [0.05, 0.1) is 5.01 Å². The number of urea groups is 1. The second-order valence-corrected chi connectivity index (χ2v) is 5.77. The van der Waals surface area contributed by atoms with Gasteiger partial charge in [-0.2, -0.15) is 5.10 Å². The van der Waals surface area contributed by atoms with E-state index >= 15 is 0 Å². The average Bonchev–Trinajstić information content (AvgIpc) is 3.05. The summed E-state index contributed by atoms with van der Waals surface area (Å²) in [7, 11) is 0. The molecule has 2 N–H and O–H groups in total. The van der Waals surface area contributed by atoms with Gasteiger partial charge in [0, 0.05) is 35.8 Å². The van der Waals surface area contributed by atoms with Crippen LogP contribution < -0.4 is 10.6 Å². The van der Waals surface area contributed by atoms with Gasteiger partial charge in [-0.15, -0.1) is 11.3 Å². The molecule has 6 nitrogen and oxygen atoms in total. The summed E-state index contributed by atoms with van der Waals surface area (Å²) >= 11 is 1.55. The van der Waals surface area contributed by atoms with E-state index in [0.29, 0.717) is 6.54 Å². The second kappa shape index (κ2) is 7.30. The van der Waals surface area contributed by atoms with Crippen LogP contribution in [0.5, 0.6) is 0 Å². The van der Waals surface area contributed by atoms with E-state index in [1.54, 1.807) is 11.3 Å². The van der Waals surface area contributed by atoms with Gasteiger partial charge in [0.25, 0.3) is 6.43 Å². The zero-order chi connectivity index (χ0) is 16.1. The molecule has 0 fully saturated rings. The van der Waals surface area contributed by atoms with E-state index in [1.807, 2.05) is 19.2 Å². The number of hydrogen-bond donors (Lipinski definition) is 2. The van der Waals surface area contributed by atoms with Crippen LogP contribution in [0.15, 0.2) is 17.6 Å². The van der Waals surface area contributed by atoms with Crippen LogP contribution in [0.3, 0.4) is 0 Å². The number of nitrogens with one attached hydrogen (secondary N) is 2. The van der Waals surface area contributed by atoms with Gasteiger partial charge >= 0.3 is 6.03 Å². The lowest BCUT2D eigenvalue weighted by atomic mass is 10.2. The predicted octanol–water partition coefficient (Wildman–Crippen LogP) is 2.84. The van der Waals surface area contributed by atoms with E-state index in [1.165, 1.54) is 12.3 Å². The number of thiazole rings is 1. The van der Waals surface area contributed by atoms with Gasteiger partial charge < -0.3 is 5.32 Å². The van der Waals surface area contributed by atoms with Crippen LogP contribution in [0.25, 0.3) is 0 Å². The van der Waals surface area contributed by atoms with Crippen LogP contribution in [0.1, 0.15) is 23.5 Å². The van der Waals surface area contributed by atoms with E-state index < -0.39 is 19.0 Å². The summed E-state index contributed by atoms with van der Waals surface area (Å²) in [6, 6.07) is 1.04. The molecule has 0 aromatic carbocycles. The Morgan fingerprint density at radius 3 is 2.91 bits per heavy atom. The van der Waals surface area contributed by atoms with Gasteiger partial charge in [-0.25, -0.2) is 18.6 Å². The fourth-order valence-electron chi connectivity index (χ4n) is 1.76. The molecule has 2 rings (SSSR count). The van der Waals surface area contributed by atoms with Gasteiger partial charge in [0.2, 0.25) is 0 Å². The first-order chi connectivity index (χ1) is 10.4. The van der Waals surface area contributed by atoms with Crippen molar-refractivity contribution in [2.75, 3.05) is 11.9 Å². The number of alkyl halides is 2. The van der Waals surface area contributed by atoms with Crippen LogP contribution in [-0.4, -0.2) is 33.8 Å². The highest BCUT2D eigenvalue weighted by Crippen LogP contribution is 2.18. The van der Waals surface area contributed by atoms with Crippen molar-refractivity contribution in [3.05, 3.63) is 28.3 Å². The van der Waals surface area contributed by atoms with E-state index in [2.05, 4.69) is 20.7 Å². The molecule has 0 spiro atoms. The van der Waals surface area contributed by atoms with Crippen LogP contribution >= 0.6 is 11.3 Å². The molecule has 0 bridgehead atoms. The molecular weight excluding hydrogens is 312 g/mol. The zero-order valence-corrected chi connectivity index (χ0v) is 13.0. The Morgan fingerprint density at radius 2 is 2.27 bits per heavy atom. The van der Waals surface area contributed by atoms with Crippen molar-refractivity contribution in [3.8, 4) is 0 Å². The Morgan fingerprint density at radius 1 is 1.50 bits per heavy atom. The molecule has 120 valence electrons. The molecule has 0 unspecified atom stereocenters. The minimum absolute atomic E-state index is 0.0980. The van der Waals surface area contributed by atoms with Crippen LogP contribution in [-0.2, 0) is 6.54 Å². The first-order valence-corrected chi connectivity index (χ1v) is 7.60. The topological polar surface area (TPSA) is 71.8 Å². The normalized spacial score (nSPS) is 12.4. The smallest absolute Gasteiger partial charge is 0.320 e. The van der Waals surface area contributed by atoms with Crippen molar-refractivity contribution in [2.24, 2.45) is 0 Å². The highest BCUT2D eigenvalue weighted by molar-refractivity contribution is 7.09. The molecule has 2 heterocycles. The first-order valence-electron chi connectivity index (χ1n) is 6.72. The largest absolute Gasteiger partial charge is 0.337 e. The monoisotopic (exact) mass is 329 g/mol. The summed E-state index contributed by atoms with van der Waals surface area (Å²) < 4.78 is 25.5.